The Morgan fingerprint density at radius 1 is 1.17 bits per heavy atom. The van der Waals surface area contributed by atoms with Crippen LogP contribution in [-0.2, 0) is 14.4 Å². The standard InChI is InChI=1S/C20H15NO3/c1-14(10-11-15-6-3-2-4-7-15)12-13-21-19(23)16-8-5-9-17(22)18(16)20(21)24/h2-8,12H,9,13H2,1H3/b14-12+. The van der Waals surface area contributed by atoms with Gasteiger partial charge in [-0.2, -0.15) is 0 Å². The number of carbonyl (C=O) groups excluding carboxylic acids is 3. The highest BCUT2D eigenvalue weighted by Gasteiger charge is 2.40. The number of Topliss-reactive ketones (excluding diaryl/α,β-unsaturated/α-hetero) is 1. The average molecular weight is 317 g/mol. The quantitative estimate of drug-likeness (QED) is 0.477. The van der Waals surface area contributed by atoms with Crippen molar-refractivity contribution in [1.29, 1.82) is 0 Å². The third kappa shape index (κ3) is 2.97. The second-order valence-electron chi connectivity index (χ2n) is 5.54. The Balaban J connectivity index is 1.73. The minimum absolute atomic E-state index is 0.0175. The van der Waals surface area contributed by atoms with E-state index in [4.69, 9.17) is 0 Å². The maximum absolute atomic E-state index is 12.3. The number of ketones is 1. The lowest BCUT2D eigenvalue weighted by Gasteiger charge is -2.11. The number of hydrogen-bond donors (Lipinski definition) is 0. The third-order valence-corrected chi connectivity index (χ3v) is 3.83. The van der Waals surface area contributed by atoms with E-state index in [1.807, 2.05) is 37.3 Å². The van der Waals surface area contributed by atoms with E-state index < -0.39 is 11.8 Å². The summed E-state index contributed by atoms with van der Waals surface area (Å²) in [5.41, 5.74) is 1.87. The minimum atomic E-state index is -0.510. The first-order chi connectivity index (χ1) is 11.6. The molecule has 0 N–H and O–H groups in total. The molecule has 1 aromatic carbocycles. The number of allylic oxidation sites excluding steroid dienone is 2. The SMILES string of the molecule is C/C(C#Cc1ccccc1)=C\CN1C(=O)C2=C(C(=O)CC=C2)C1=O. The molecule has 0 saturated carbocycles. The molecule has 4 heteroatoms. The van der Waals surface area contributed by atoms with Gasteiger partial charge in [-0.15, -0.1) is 0 Å². The van der Waals surface area contributed by atoms with E-state index in [9.17, 15) is 14.4 Å². The van der Waals surface area contributed by atoms with Gasteiger partial charge in [0.05, 0.1) is 11.1 Å². The van der Waals surface area contributed by atoms with Gasteiger partial charge in [0.15, 0.2) is 5.78 Å². The summed E-state index contributed by atoms with van der Waals surface area (Å²) in [5, 5.41) is 0. The first-order valence-electron chi connectivity index (χ1n) is 7.62. The Labute approximate surface area is 140 Å². The maximum Gasteiger partial charge on any atom is 0.265 e. The van der Waals surface area contributed by atoms with Crippen molar-refractivity contribution in [3.8, 4) is 11.8 Å². The highest BCUT2D eigenvalue weighted by Crippen LogP contribution is 2.26. The van der Waals surface area contributed by atoms with E-state index in [2.05, 4.69) is 11.8 Å². The summed E-state index contributed by atoms with van der Waals surface area (Å²) in [6, 6.07) is 9.55. The molecule has 0 saturated heterocycles. The van der Waals surface area contributed by atoms with Gasteiger partial charge in [0, 0.05) is 18.5 Å². The molecule has 0 fully saturated rings. The number of carbonyl (C=O) groups is 3. The molecule has 1 aliphatic carbocycles. The molecular formula is C20H15NO3. The molecule has 118 valence electrons. The average Bonchev–Trinajstić information content (AvgIpc) is 2.84. The zero-order valence-electron chi connectivity index (χ0n) is 13.2. The van der Waals surface area contributed by atoms with Gasteiger partial charge < -0.3 is 0 Å². The Hall–Kier alpha value is -3.19. The second kappa shape index (κ2) is 6.51. The van der Waals surface area contributed by atoms with Gasteiger partial charge in [0.1, 0.15) is 0 Å². The van der Waals surface area contributed by atoms with Crippen molar-refractivity contribution in [2.45, 2.75) is 13.3 Å². The molecule has 0 bridgehead atoms. The molecule has 2 aliphatic rings. The van der Waals surface area contributed by atoms with Crippen molar-refractivity contribution in [3.63, 3.8) is 0 Å². The molecule has 0 radical (unpaired) electrons. The van der Waals surface area contributed by atoms with Crippen molar-refractivity contribution >= 4 is 17.6 Å². The van der Waals surface area contributed by atoms with Gasteiger partial charge in [-0.3, -0.25) is 19.3 Å². The summed E-state index contributed by atoms with van der Waals surface area (Å²) in [4.78, 5) is 37.5. The van der Waals surface area contributed by atoms with Crippen LogP contribution in [0.5, 0.6) is 0 Å². The van der Waals surface area contributed by atoms with Gasteiger partial charge in [-0.1, -0.05) is 48.3 Å². The number of nitrogens with zero attached hydrogens (tertiary/aromatic N) is 1. The zero-order valence-corrected chi connectivity index (χ0v) is 13.2. The lowest BCUT2D eigenvalue weighted by atomic mass is 9.98. The molecule has 0 spiro atoms. The van der Waals surface area contributed by atoms with Gasteiger partial charge in [0.2, 0.25) is 0 Å². The molecule has 3 rings (SSSR count). The Morgan fingerprint density at radius 2 is 1.92 bits per heavy atom. The molecule has 4 nitrogen and oxygen atoms in total. The second-order valence-corrected chi connectivity index (χ2v) is 5.54. The minimum Gasteiger partial charge on any atom is -0.294 e. The molecule has 0 unspecified atom stereocenters. The normalized spacial score (nSPS) is 17.1. The van der Waals surface area contributed by atoms with E-state index in [1.165, 1.54) is 0 Å². The molecule has 1 aromatic rings. The Bertz CT molecular complexity index is 876. The summed E-state index contributed by atoms with van der Waals surface area (Å²) in [6.45, 7) is 1.93. The summed E-state index contributed by atoms with van der Waals surface area (Å²) >= 11 is 0. The van der Waals surface area contributed by atoms with E-state index in [0.29, 0.717) is 0 Å². The van der Waals surface area contributed by atoms with E-state index in [0.717, 1.165) is 16.0 Å². The van der Waals surface area contributed by atoms with Crippen molar-refractivity contribution in [1.82, 2.24) is 4.90 Å². The van der Waals surface area contributed by atoms with Crippen LogP contribution in [0.15, 0.2) is 65.3 Å². The number of hydrogen-bond acceptors (Lipinski definition) is 3. The Kier molecular flexibility index (Phi) is 4.26. The number of amides is 2. The first-order valence-corrected chi connectivity index (χ1v) is 7.62. The van der Waals surface area contributed by atoms with E-state index in [1.54, 1.807) is 18.2 Å². The van der Waals surface area contributed by atoms with E-state index >= 15 is 0 Å². The lowest BCUT2D eigenvalue weighted by molar-refractivity contribution is -0.137. The van der Waals surface area contributed by atoms with Crippen molar-refractivity contribution in [2.75, 3.05) is 6.54 Å². The highest BCUT2D eigenvalue weighted by atomic mass is 16.2. The number of imide groups is 1. The molecule has 0 aromatic heterocycles. The molecule has 1 heterocycles. The predicted molar refractivity (Wildman–Crippen MR) is 89.6 cm³/mol. The topological polar surface area (TPSA) is 54.5 Å². The highest BCUT2D eigenvalue weighted by molar-refractivity contribution is 6.33. The third-order valence-electron chi connectivity index (χ3n) is 3.83. The van der Waals surface area contributed by atoms with Crippen LogP contribution in [0.1, 0.15) is 18.9 Å². The molecule has 1 aliphatic heterocycles. The fourth-order valence-electron chi connectivity index (χ4n) is 2.54. The van der Waals surface area contributed by atoms with Crippen LogP contribution in [-0.4, -0.2) is 29.0 Å². The molecule has 0 atom stereocenters. The smallest absolute Gasteiger partial charge is 0.265 e. The van der Waals surface area contributed by atoms with Gasteiger partial charge in [0.25, 0.3) is 11.8 Å². The molecular weight excluding hydrogens is 302 g/mol. The Morgan fingerprint density at radius 3 is 2.62 bits per heavy atom. The van der Waals surface area contributed by atoms with Crippen LogP contribution in [0.4, 0.5) is 0 Å². The lowest BCUT2D eigenvalue weighted by Crippen LogP contribution is -2.32. The van der Waals surface area contributed by atoms with Crippen molar-refractivity contribution in [2.24, 2.45) is 0 Å². The van der Waals surface area contributed by atoms with Crippen molar-refractivity contribution < 1.29 is 14.4 Å². The van der Waals surface area contributed by atoms with Gasteiger partial charge >= 0.3 is 0 Å². The summed E-state index contributed by atoms with van der Waals surface area (Å²) in [5.74, 6) is 4.79. The van der Waals surface area contributed by atoms with E-state index in [-0.39, 0.29) is 29.9 Å². The monoisotopic (exact) mass is 317 g/mol. The first kappa shape index (κ1) is 15.7. The summed E-state index contributed by atoms with van der Waals surface area (Å²) < 4.78 is 0. The molecule has 2 amide bonds. The number of rotatable bonds is 2. The largest absolute Gasteiger partial charge is 0.294 e. The fraction of sp³-hybridized carbons (Fsp3) is 0.150. The van der Waals surface area contributed by atoms with Crippen LogP contribution in [0, 0.1) is 11.8 Å². The zero-order chi connectivity index (χ0) is 17.1. The van der Waals surface area contributed by atoms with Crippen molar-refractivity contribution in [3.05, 3.63) is 70.8 Å². The van der Waals surface area contributed by atoms with Crippen LogP contribution >= 0.6 is 0 Å². The fourth-order valence-corrected chi connectivity index (χ4v) is 2.54. The maximum atomic E-state index is 12.3. The van der Waals surface area contributed by atoms with Crippen LogP contribution < -0.4 is 0 Å². The van der Waals surface area contributed by atoms with Crippen LogP contribution in [0.2, 0.25) is 0 Å². The molecule has 24 heavy (non-hydrogen) atoms. The predicted octanol–water partition coefficient (Wildman–Crippen LogP) is 2.18. The summed E-state index contributed by atoms with van der Waals surface area (Å²) in [7, 11) is 0. The van der Waals surface area contributed by atoms with Gasteiger partial charge in [-0.05, 0) is 24.6 Å². The summed E-state index contributed by atoms with van der Waals surface area (Å²) in [6.07, 6.45) is 5.06. The number of benzene rings is 1. The van der Waals surface area contributed by atoms with Crippen LogP contribution in [0.3, 0.4) is 0 Å². The van der Waals surface area contributed by atoms with Gasteiger partial charge in [-0.25, -0.2) is 0 Å². The van der Waals surface area contributed by atoms with Crippen LogP contribution in [0.25, 0.3) is 0 Å².